The molecule has 154 valence electrons. The number of hydrogen-bond donors (Lipinski definition) is 2. The van der Waals surface area contributed by atoms with Crippen LogP contribution < -0.4 is 15.5 Å². The van der Waals surface area contributed by atoms with E-state index >= 15 is 0 Å². The van der Waals surface area contributed by atoms with Crippen molar-refractivity contribution < 1.29 is 14.3 Å². The number of nitrogens with one attached hydrogen (secondary N) is 2. The third-order valence-corrected chi connectivity index (χ3v) is 4.83. The average Bonchev–Trinajstić information content (AvgIpc) is 2.72. The van der Waals surface area contributed by atoms with Gasteiger partial charge in [-0.3, -0.25) is 9.59 Å². The summed E-state index contributed by atoms with van der Waals surface area (Å²) < 4.78 is 5.56. The summed E-state index contributed by atoms with van der Waals surface area (Å²) in [7, 11) is 0. The van der Waals surface area contributed by atoms with E-state index in [9.17, 15) is 9.59 Å². The first-order valence-corrected chi connectivity index (χ1v) is 9.91. The summed E-state index contributed by atoms with van der Waals surface area (Å²) >= 11 is 0. The third-order valence-electron chi connectivity index (χ3n) is 4.83. The molecule has 0 spiro atoms. The molecule has 0 radical (unpaired) electrons. The molecular formula is C22H28N4O3. The minimum absolute atomic E-state index is 0.126. The summed E-state index contributed by atoms with van der Waals surface area (Å²) in [6.07, 6.45) is 2.17. The molecule has 0 bridgehead atoms. The molecule has 1 fully saturated rings. The fourth-order valence-corrected chi connectivity index (χ4v) is 3.38. The molecule has 29 heavy (non-hydrogen) atoms. The Kier molecular flexibility index (Phi) is 7.19. The zero-order chi connectivity index (χ0) is 20.6. The highest BCUT2D eigenvalue weighted by Crippen LogP contribution is 2.17. The van der Waals surface area contributed by atoms with Crippen molar-refractivity contribution in [3.63, 3.8) is 0 Å². The van der Waals surface area contributed by atoms with Crippen molar-refractivity contribution in [3.8, 4) is 0 Å². The summed E-state index contributed by atoms with van der Waals surface area (Å²) in [4.78, 5) is 30.7. The number of carbonyl (C=O) groups excluding carboxylic acids is 2. The van der Waals surface area contributed by atoms with E-state index in [1.807, 2.05) is 42.5 Å². The lowest BCUT2D eigenvalue weighted by atomic mass is 10.0. The number of benzene rings is 1. The zero-order valence-corrected chi connectivity index (χ0v) is 16.9. The van der Waals surface area contributed by atoms with Crippen molar-refractivity contribution in [3.05, 3.63) is 59.8 Å². The molecule has 3 rings (SSSR count). The van der Waals surface area contributed by atoms with Crippen molar-refractivity contribution in [1.29, 1.82) is 0 Å². The van der Waals surface area contributed by atoms with Gasteiger partial charge >= 0.3 is 0 Å². The van der Waals surface area contributed by atoms with Gasteiger partial charge in [-0.15, -0.1) is 0 Å². The van der Waals surface area contributed by atoms with Crippen LogP contribution in [-0.2, 0) is 20.9 Å². The Bertz CT molecular complexity index is 811. The maximum Gasteiger partial charge on any atom is 0.222 e. The predicted octanol–water partition coefficient (Wildman–Crippen LogP) is 2.19. The maximum absolute atomic E-state index is 12.4. The Balaban J connectivity index is 1.53. The van der Waals surface area contributed by atoms with Crippen LogP contribution in [0.2, 0.25) is 0 Å². The topological polar surface area (TPSA) is 83.6 Å². The van der Waals surface area contributed by atoms with Crippen molar-refractivity contribution in [2.75, 3.05) is 24.6 Å². The highest BCUT2D eigenvalue weighted by Gasteiger charge is 2.18. The van der Waals surface area contributed by atoms with E-state index in [2.05, 4.69) is 27.4 Å². The minimum atomic E-state index is -0.350. The summed E-state index contributed by atoms with van der Waals surface area (Å²) in [6, 6.07) is 13.1. The molecule has 2 heterocycles. The average molecular weight is 396 g/mol. The molecule has 1 saturated heterocycles. The van der Waals surface area contributed by atoms with Gasteiger partial charge in [-0.25, -0.2) is 4.98 Å². The molecule has 0 aliphatic carbocycles. The van der Waals surface area contributed by atoms with E-state index in [1.54, 1.807) is 6.20 Å². The number of aromatic nitrogens is 1. The van der Waals surface area contributed by atoms with Gasteiger partial charge in [0.25, 0.3) is 0 Å². The largest absolute Gasteiger partial charge is 0.375 e. The number of rotatable bonds is 7. The van der Waals surface area contributed by atoms with Crippen molar-refractivity contribution in [1.82, 2.24) is 15.6 Å². The van der Waals surface area contributed by atoms with Gasteiger partial charge in [-0.2, -0.15) is 0 Å². The highest BCUT2D eigenvalue weighted by atomic mass is 16.5. The molecule has 2 aromatic rings. The van der Waals surface area contributed by atoms with Crippen LogP contribution in [0.4, 0.5) is 5.82 Å². The van der Waals surface area contributed by atoms with Crippen molar-refractivity contribution in [2.24, 2.45) is 0 Å². The van der Waals surface area contributed by atoms with Gasteiger partial charge in [-0.1, -0.05) is 36.4 Å². The Labute approximate surface area is 171 Å². The van der Waals surface area contributed by atoms with Crippen LogP contribution in [0.1, 0.15) is 37.4 Å². The van der Waals surface area contributed by atoms with Gasteiger partial charge in [0.15, 0.2) is 0 Å². The van der Waals surface area contributed by atoms with Crippen LogP contribution in [0.3, 0.4) is 0 Å². The first kappa shape index (κ1) is 20.8. The number of anilines is 1. The second-order valence-corrected chi connectivity index (χ2v) is 7.30. The van der Waals surface area contributed by atoms with Gasteiger partial charge in [0.2, 0.25) is 11.8 Å². The molecule has 1 aromatic heterocycles. The monoisotopic (exact) mass is 396 g/mol. The van der Waals surface area contributed by atoms with Gasteiger partial charge in [-0.05, 0) is 24.1 Å². The highest BCUT2D eigenvalue weighted by molar-refractivity contribution is 5.79. The molecule has 2 atom stereocenters. The van der Waals surface area contributed by atoms with Crippen LogP contribution in [0.5, 0.6) is 0 Å². The zero-order valence-electron chi connectivity index (χ0n) is 16.9. The van der Waals surface area contributed by atoms with Crippen molar-refractivity contribution in [2.45, 2.75) is 39.0 Å². The van der Waals surface area contributed by atoms with Crippen LogP contribution in [0.15, 0.2) is 48.7 Å². The van der Waals surface area contributed by atoms with E-state index in [0.29, 0.717) is 13.2 Å². The van der Waals surface area contributed by atoms with Gasteiger partial charge < -0.3 is 20.3 Å². The van der Waals surface area contributed by atoms with Crippen LogP contribution >= 0.6 is 0 Å². The van der Waals surface area contributed by atoms with Gasteiger partial charge in [0, 0.05) is 32.8 Å². The number of carbonyl (C=O) groups is 2. The SMILES string of the molecule is CC(=O)NC(CC(=O)NCc1ccc(N2CCOC(C)C2)nc1)c1ccccc1. The fourth-order valence-electron chi connectivity index (χ4n) is 3.38. The summed E-state index contributed by atoms with van der Waals surface area (Å²) in [5.41, 5.74) is 1.84. The van der Waals surface area contributed by atoms with Gasteiger partial charge in [0.1, 0.15) is 5.82 Å². The normalized spacial score (nSPS) is 17.4. The number of morpholine rings is 1. The lowest BCUT2D eigenvalue weighted by Gasteiger charge is -2.32. The van der Waals surface area contributed by atoms with E-state index in [1.165, 1.54) is 6.92 Å². The number of pyridine rings is 1. The Morgan fingerprint density at radius 1 is 1.24 bits per heavy atom. The summed E-state index contributed by atoms with van der Waals surface area (Å²) in [6.45, 7) is 6.27. The third kappa shape index (κ3) is 6.29. The van der Waals surface area contributed by atoms with Crippen molar-refractivity contribution >= 4 is 17.6 Å². The van der Waals surface area contributed by atoms with E-state index in [4.69, 9.17) is 4.74 Å². The van der Waals surface area contributed by atoms with E-state index in [-0.39, 0.29) is 30.4 Å². The van der Waals surface area contributed by atoms with Gasteiger partial charge in [0.05, 0.1) is 25.2 Å². The summed E-state index contributed by atoms with van der Waals surface area (Å²) in [5.74, 6) is 0.632. The molecule has 2 N–H and O–H groups in total. The molecule has 1 aliphatic heterocycles. The summed E-state index contributed by atoms with van der Waals surface area (Å²) in [5, 5.41) is 5.76. The smallest absolute Gasteiger partial charge is 0.222 e. The molecule has 1 aliphatic rings. The first-order valence-electron chi connectivity index (χ1n) is 9.91. The quantitative estimate of drug-likeness (QED) is 0.750. The number of ether oxygens (including phenoxy) is 1. The standard InChI is InChI=1S/C22H28N4O3/c1-16-15-26(10-11-29-16)21-9-8-18(13-23-21)14-24-22(28)12-20(25-17(2)27)19-6-4-3-5-7-19/h3-9,13,16,20H,10-12,14-15H2,1-2H3,(H,24,28)(H,25,27). The Morgan fingerprint density at radius 3 is 2.69 bits per heavy atom. The van der Waals surface area contributed by atoms with E-state index < -0.39 is 0 Å². The van der Waals surface area contributed by atoms with Crippen LogP contribution in [0, 0.1) is 0 Å². The van der Waals surface area contributed by atoms with E-state index in [0.717, 1.165) is 30.0 Å². The molecule has 2 amide bonds. The fraction of sp³-hybridized carbons (Fsp3) is 0.409. The second-order valence-electron chi connectivity index (χ2n) is 7.30. The molecule has 1 aromatic carbocycles. The Morgan fingerprint density at radius 2 is 2.03 bits per heavy atom. The van der Waals surface area contributed by atoms with Crippen LogP contribution in [-0.4, -0.2) is 42.6 Å². The molecule has 7 nitrogen and oxygen atoms in total. The predicted molar refractivity (Wildman–Crippen MR) is 111 cm³/mol. The molecule has 7 heteroatoms. The lowest BCUT2D eigenvalue weighted by Crippen LogP contribution is -2.41. The van der Waals surface area contributed by atoms with Crippen LogP contribution in [0.25, 0.3) is 0 Å². The number of hydrogen-bond acceptors (Lipinski definition) is 5. The minimum Gasteiger partial charge on any atom is -0.375 e. The maximum atomic E-state index is 12.4. The first-order chi connectivity index (χ1) is 14.0. The lowest BCUT2D eigenvalue weighted by molar-refractivity contribution is -0.122. The number of amides is 2. The second kappa shape index (κ2) is 10.0. The number of nitrogens with zero attached hydrogens (tertiary/aromatic N) is 2. The molecular weight excluding hydrogens is 368 g/mol. The Hall–Kier alpha value is -2.93. The molecule has 2 unspecified atom stereocenters. The molecule has 0 saturated carbocycles.